The van der Waals surface area contributed by atoms with Crippen LogP contribution >= 0.6 is 0 Å². The van der Waals surface area contributed by atoms with Crippen LogP contribution in [0.5, 0.6) is 0 Å². The van der Waals surface area contributed by atoms with E-state index in [1.807, 2.05) is 0 Å². The molecule has 3 atom stereocenters. The predicted octanol–water partition coefficient (Wildman–Crippen LogP) is 3.39. The van der Waals surface area contributed by atoms with Crippen molar-refractivity contribution in [3.05, 3.63) is 12.2 Å². The molecule has 0 spiro atoms. The quantitative estimate of drug-likeness (QED) is 0.529. The minimum absolute atomic E-state index is 0.610. The van der Waals surface area contributed by atoms with Gasteiger partial charge in [-0.25, -0.2) is 0 Å². The van der Waals surface area contributed by atoms with Crippen LogP contribution in [0, 0.1) is 17.3 Å². The molecule has 62 valence electrons. The molecule has 0 saturated heterocycles. The summed E-state index contributed by atoms with van der Waals surface area (Å²) in [5.41, 5.74) is 0.610. The Balaban J connectivity index is 2.08. The van der Waals surface area contributed by atoms with Crippen molar-refractivity contribution in [2.45, 2.75) is 39.5 Å². The van der Waals surface area contributed by atoms with E-state index in [2.05, 4.69) is 26.0 Å². The first-order valence-electron chi connectivity index (χ1n) is 4.94. The summed E-state index contributed by atoms with van der Waals surface area (Å²) in [6.07, 6.45) is 10.5. The molecule has 3 unspecified atom stereocenters. The van der Waals surface area contributed by atoms with Crippen LogP contribution in [0.25, 0.3) is 0 Å². The first-order chi connectivity index (χ1) is 5.26. The SMILES string of the molecule is CCCC1C2CC=CC1(C)C2. The smallest absolute Gasteiger partial charge is 0.0113 e. The minimum atomic E-state index is 0.610. The van der Waals surface area contributed by atoms with E-state index in [0.29, 0.717) is 5.41 Å². The molecule has 0 amide bonds. The Morgan fingerprint density at radius 1 is 1.55 bits per heavy atom. The second kappa shape index (κ2) is 2.36. The van der Waals surface area contributed by atoms with E-state index < -0.39 is 0 Å². The van der Waals surface area contributed by atoms with Gasteiger partial charge in [-0.2, -0.15) is 0 Å². The number of hydrogen-bond donors (Lipinski definition) is 0. The third-order valence-corrected chi connectivity index (χ3v) is 3.66. The highest BCUT2D eigenvalue weighted by atomic mass is 14.5. The fourth-order valence-electron chi connectivity index (χ4n) is 3.06. The molecule has 2 bridgehead atoms. The van der Waals surface area contributed by atoms with E-state index in [1.165, 1.54) is 25.7 Å². The summed E-state index contributed by atoms with van der Waals surface area (Å²) in [6.45, 7) is 4.74. The maximum Gasteiger partial charge on any atom is -0.0113 e. The number of hydrogen-bond acceptors (Lipinski definition) is 0. The van der Waals surface area contributed by atoms with Crippen LogP contribution in [0.4, 0.5) is 0 Å². The lowest BCUT2D eigenvalue weighted by molar-refractivity contribution is -0.00177. The second-order valence-corrected chi connectivity index (χ2v) is 4.50. The number of rotatable bonds is 2. The Hall–Kier alpha value is -0.260. The monoisotopic (exact) mass is 150 g/mol. The highest BCUT2D eigenvalue weighted by molar-refractivity contribution is 5.16. The van der Waals surface area contributed by atoms with Crippen LogP contribution in [-0.4, -0.2) is 0 Å². The van der Waals surface area contributed by atoms with E-state index >= 15 is 0 Å². The molecule has 1 saturated carbocycles. The van der Waals surface area contributed by atoms with E-state index in [9.17, 15) is 0 Å². The minimum Gasteiger partial charge on any atom is -0.0877 e. The Bertz CT molecular complexity index is 180. The largest absolute Gasteiger partial charge is 0.0877 e. The van der Waals surface area contributed by atoms with Gasteiger partial charge in [0.05, 0.1) is 0 Å². The summed E-state index contributed by atoms with van der Waals surface area (Å²) >= 11 is 0. The molecule has 0 aromatic carbocycles. The van der Waals surface area contributed by atoms with Gasteiger partial charge in [0.2, 0.25) is 0 Å². The predicted molar refractivity (Wildman–Crippen MR) is 48.4 cm³/mol. The van der Waals surface area contributed by atoms with E-state index in [1.54, 1.807) is 0 Å². The lowest BCUT2D eigenvalue weighted by Gasteiger charge is -2.55. The van der Waals surface area contributed by atoms with Crippen molar-refractivity contribution in [3.63, 3.8) is 0 Å². The van der Waals surface area contributed by atoms with Gasteiger partial charge in [-0.15, -0.1) is 0 Å². The van der Waals surface area contributed by atoms with Gasteiger partial charge in [-0.05, 0) is 36.5 Å². The van der Waals surface area contributed by atoms with Gasteiger partial charge in [-0.1, -0.05) is 32.4 Å². The Morgan fingerprint density at radius 3 is 2.91 bits per heavy atom. The van der Waals surface area contributed by atoms with Gasteiger partial charge < -0.3 is 0 Å². The molecule has 0 N–H and O–H groups in total. The molecule has 0 nitrogen and oxygen atoms in total. The summed E-state index contributed by atoms with van der Waals surface area (Å²) in [5, 5.41) is 0. The Kier molecular flexibility index (Phi) is 1.59. The van der Waals surface area contributed by atoms with E-state index in [0.717, 1.165) is 11.8 Å². The number of fused-ring (bicyclic) bond motifs is 1. The van der Waals surface area contributed by atoms with Crippen LogP contribution in [-0.2, 0) is 0 Å². The maximum absolute atomic E-state index is 2.47. The molecule has 0 heterocycles. The van der Waals surface area contributed by atoms with Gasteiger partial charge in [0.15, 0.2) is 0 Å². The van der Waals surface area contributed by atoms with Crippen molar-refractivity contribution >= 4 is 0 Å². The molecule has 11 heavy (non-hydrogen) atoms. The van der Waals surface area contributed by atoms with Crippen LogP contribution in [0.2, 0.25) is 0 Å². The van der Waals surface area contributed by atoms with Crippen LogP contribution in [0.15, 0.2) is 12.2 Å². The molecule has 0 radical (unpaired) electrons. The number of allylic oxidation sites excluding steroid dienone is 2. The van der Waals surface area contributed by atoms with Gasteiger partial charge >= 0.3 is 0 Å². The topological polar surface area (TPSA) is 0 Å². The Morgan fingerprint density at radius 2 is 2.36 bits per heavy atom. The third kappa shape index (κ3) is 0.953. The zero-order valence-electron chi connectivity index (χ0n) is 7.64. The molecule has 0 aromatic rings. The molecule has 0 aliphatic heterocycles. The standard InChI is InChI=1S/C11H18/c1-3-5-10-9-6-4-7-11(10,2)8-9/h4,7,9-10H,3,5-6,8H2,1-2H3. The average Bonchev–Trinajstić information content (AvgIpc) is 2.00. The Labute approximate surface area is 69.7 Å². The van der Waals surface area contributed by atoms with Crippen LogP contribution < -0.4 is 0 Å². The van der Waals surface area contributed by atoms with Gasteiger partial charge in [0.1, 0.15) is 0 Å². The molecule has 1 fully saturated rings. The third-order valence-electron chi connectivity index (χ3n) is 3.66. The summed E-state index contributed by atoms with van der Waals surface area (Å²) < 4.78 is 0. The second-order valence-electron chi connectivity index (χ2n) is 4.50. The normalized spacial score (nSPS) is 47.1. The van der Waals surface area contributed by atoms with Crippen molar-refractivity contribution in [1.29, 1.82) is 0 Å². The van der Waals surface area contributed by atoms with Gasteiger partial charge in [-0.3, -0.25) is 0 Å². The van der Waals surface area contributed by atoms with Crippen molar-refractivity contribution in [1.82, 2.24) is 0 Å². The molecule has 0 heteroatoms. The van der Waals surface area contributed by atoms with Crippen molar-refractivity contribution < 1.29 is 0 Å². The van der Waals surface area contributed by atoms with Crippen LogP contribution in [0.3, 0.4) is 0 Å². The summed E-state index contributed by atoms with van der Waals surface area (Å²) in [5.74, 6) is 2.07. The zero-order valence-corrected chi connectivity index (χ0v) is 7.64. The maximum atomic E-state index is 2.47. The summed E-state index contributed by atoms with van der Waals surface area (Å²) in [6, 6.07) is 0. The van der Waals surface area contributed by atoms with E-state index in [-0.39, 0.29) is 0 Å². The highest BCUT2D eigenvalue weighted by Crippen LogP contribution is 2.58. The molecular formula is C11H18. The molecule has 3 aliphatic carbocycles. The highest BCUT2D eigenvalue weighted by Gasteiger charge is 2.49. The van der Waals surface area contributed by atoms with Crippen molar-refractivity contribution in [3.8, 4) is 0 Å². The molecular weight excluding hydrogens is 132 g/mol. The molecule has 3 rings (SSSR count). The van der Waals surface area contributed by atoms with E-state index in [4.69, 9.17) is 0 Å². The first kappa shape index (κ1) is 7.39. The zero-order chi connectivity index (χ0) is 7.90. The van der Waals surface area contributed by atoms with Crippen molar-refractivity contribution in [2.24, 2.45) is 17.3 Å². The molecule has 0 aromatic heterocycles. The fourth-order valence-corrected chi connectivity index (χ4v) is 3.06. The van der Waals surface area contributed by atoms with Gasteiger partial charge in [0, 0.05) is 0 Å². The van der Waals surface area contributed by atoms with Gasteiger partial charge in [0.25, 0.3) is 0 Å². The molecule has 3 aliphatic rings. The summed E-state index contributed by atoms with van der Waals surface area (Å²) in [7, 11) is 0. The van der Waals surface area contributed by atoms with Crippen molar-refractivity contribution in [2.75, 3.05) is 0 Å². The first-order valence-corrected chi connectivity index (χ1v) is 4.94. The average molecular weight is 150 g/mol. The lowest BCUT2D eigenvalue weighted by Crippen LogP contribution is -2.46. The fraction of sp³-hybridized carbons (Fsp3) is 0.818. The van der Waals surface area contributed by atoms with Crippen LogP contribution in [0.1, 0.15) is 39.5 Å². The summed E-state index contributed by atoms with van der Waals surface area (Å²) in [4.78, 5) is 0. The lowest BCUT2D eigenvalue weighted by atomic mass is 9.50.